The molecule has 1 aliphatic heterocycles. The molecule has 1 saturated heterocycles. The second-order valence-electron chi connectivity index (χ2n) is 5.76. The topological polar surface area (TPSA) is 100 Å². The van der Waals surface area contributed by atoms with Gasteiger partial charge in [-0.2, -0.15) is 5.10 Å². The number of hydrogen-bond acceptors (Lipinski definition) is 6. The Labute approximate surface area is 164 Å². The molecule has 2 aromatic rings. The minimum Gasteiger partial charge on any atom is -0.486 e. The Morgan fingerprint density at radius 1 is 1.25 bits per heavy atom. The van der Waals surface area contributed by atoms with Crippen LogP contribution in [0.1, 0.15) is 17.5 Å². The highest BCUT2D eigenvalue weighted by atomic mass is 32.2. The number of ether oxygens (including phenoxy) is 1. The fourth-order valence-corrected chi connectivity index (χ4v) is 3.31. The average molecular weight is 401 g/mol. The van der Waals surface area contributed by atoms with E-state index in [9.17, 15) is 14.0 Å². The number of carboxylic acids is 1. The molecule has 144 valence electrons. The van der Waals surface area contributed by atoms with Gasteiger partial charge in [0.2, 0.25) is 5.91 Å². The summed E-state index contributed by atoms with van der Waals surface area (Å²) in [5.41, 5.74) is 1.50. The summed E-state index contributed by atoms with van der Waals surface area (Å²) in [7, 11) is 0. The molecule has 1 amide bonds. The second kappa shape index (κ2) is 9.14. The predicted molar refractivity (Wildman–Crippen MR) is 104 cm³/mol. The molecule has 3 rings (SSSR count). The van der Waals surface area contributed by atoms with Crippen LogP contribution in [-0.2, 0) is 16.2 Å². The lowest BCUT2D eigenvalue weighted by atomic mass is 10.1. The number of amidine groups is 1. The summed E-state index contributed by atoms with van der Waals surface area (Å²) in [5.74, 6) is -1.74. The number of carboxylic acid groups (broad SMARTS) is 1. The number of hydrogen-bond donors (Lipinski definition) is 2. The van der Waals surface area contributed by atoms with Crippen molar-refractivity contribution in [3.63, 3.8) is 0 Å². The van der Waals surface area contributed by atoms with Crippen LogP contribution in [-0.4, -0.2) is 33.6 Å². The van der Waals surface area contributed by atoms with Gasteiger partial charge in [0.25, 0.3) is 0 Å². The number of nitrogens with zero attached hydrogens (tertiary/aromatic N) is 2. The van der Waals surface area contributed by atoms with Crippen molar-refractivity contribution in [3.05, 3.63) is 65.5 Å². The van der Waals surface area contributed by atoms with Crippen molar-refractivity contribution in [2.45, 2.75) is 18.3 Å². The van der Waals surface area contributed by atoms with Gasteiger partial charge in [0.1, 0.15) is 11.9 Å². The van der Waals surface area contributed by atoms with Crippen molar-refractivity contribution < 1.29 is 23.8 Å². The standard InChI is InChI=1S/C19H16FN3O4S/c20-14-7-3-4-8-15(14)27-11-13-6-2-1-5-12(13)10-21-23-19-22-18(26)16(28-19)9-17(24)25/h1-8,10,16H,9,11H2,(H,24,25)(H,22,23,26). The SMILES string of the molecule is O=C(O)CC1SC(=NN=Cc2ccccc2COc2ccccc2F)NC1=O. The van der Waals surface area contributed by atoms with Crippen molar-refractivity contribution in [2.75, 3.05) is 0 Å². The van der Waals surface area contributed by atoms with Crippen LogP contribution in [0.2, 0.25) is 0 Å². The average Bonchev–Trinajstić information content (AvgIpc) is 3.00. The lowest BCUT2D eigenvalue weighted by Gasteiger charge is -2.09. The van der Waals surface area contributed by atoms with E-state index in [4.69, 9.17) is 9.84 Å². The first kappa shape index (κ1) is 19.6. The highest BCUT2D eigenvalue weighted by molar-refractivity contribution is 8.15. The maximum absolute atomic E-state index is 13.7. The zero-order valence-electron chi connectivity index (χ0n) is 14.5. The number of rotatable bonds is 7. The van der Waals surface area contributed by atoms with E-state index in [2.05, 4.69) is 15.5 Å². The van der Waals surface area contributed by atoms with E-state index in [1.165, 1.54) is 12.3 Å². The number of aliphatic carboxylic acids is 1. The zero-order chi connectivity index (χ0) is 19.9. The summed E-state index contributed by atoms with van der Waals surface area (Å²) in [6.07, 6.45) is 1.21. The largest absolute Gasteiger partial charge is 0.486 e. The summed E-state index contributed by atoms with van der Waals surface area (Å²) >= 11 is 1.02. The van der Waals surface area contributed by atoms with Crippen LogP contribution < -0.4 is 10.1 Å². The quantitative estimate of drug-likeness (QED) is 0.549. The second-order valence-corrected chi connectivity index (χ2v) is 6.95. The summed E-state index contributed by atoms with van der Waals surface area (Å²) < 4.78 is 19.2. The zero-order valence-corrected chi connectivity index (χ0v) is 15.4. The van der Waals surface area contributed by atoms with Gasteiger partial charge in [-0.3, -0.25) is 9.59 Å². The molecule has 0 aromatic heterocycles. The first-order valence-corrected chi connectivity index (χ1v) is 9.16. The Bertz CT molecular complexity index is 948. The first-order chi connectivity index (χ1) is 13.5. The molecule has 1 aliphatic rings. The van der Waals surface area contributed by atoms with Gasteiger partial charge >= 0.3 is 5.97 Å². The molecule has 0 bridgehead atoms. The number of carbonyl (C=O) groups is 2. The molecule has 2 aromatic carbocycles. The molecule has 28 heavy (non-hydrogen) atoms. The van der Waals surface area contributed by atoms with Crippen molar-refractivity contribution in [1.29, 1.82) is 0 Å². The van der Waals surface area contributed by atoms with Gasteiger partial charge in [-0.25, -0.2) is 4.39 Å². The van der Waals surface area contributed by atoms with Crippen LogP contribution in [0.5, 0.6) is 5.75 Å². The molecule has 0 aliphatic carbocycles. The number of halogens is 1. The molecule has 0 radical (unpaired) electrons. The molecular weight excluding hydrogens is 385 g/mol. The molecule has 0 spiro atoms. The molecule has 1 unspecified atom stereocenters. The number of amides is 1. The molecule has 2 N–H and O–H groups in total. The smallest absolute Gasteiger partial charge is 0.305 e. The van der Waals surface area contributed by atoms with E-state index >= 15 is 0 Å². The van der Waals surface area contributed by atoms with Gasteiger partial charge in [0.15, 0.2) is 16.7 Å². The Hall–Kier alpha value is -3.20. The summed E-state index contributed by atoms with van der Waals surface area (Å²) in [5, 5.41) is 18.7. The summed E-state index contributed by atoms with van der Waals surface area (Å²) in [4.78, 5) is 22.4. The van der Waals surface area contributed by atoms with Gasteiger partial charge in [-0.1, -0.05) is 48.2 Å². The highest BCUT2D eigenvalue weighted by Crippen LogP contribution is 2.22. The van der Waals surface area contributed by atoms with E-state index in [-0.39, 0.29) is 23.9 Å². The first-order valence-electron chi connectivity index (χ1n) is 8.28. The number of benzene rings is 2. The molecule has 1 heterocycles. The third-order valence-electron chi connectivity index (χ3n) is 3.76. The molecule has 0 saturated carbocycles. The van der Waals surface area contributed by atoms with Crippen LogP contribution in [0.25, 0.3) is 0 Å². The van der Waals surface area contributed by atoms with Crippen LogP contribution in [0.4, 0.5) is 4.39 Å². The minimum atomic E-state index is -1.05. The lowest BCUT2D eigenvalue weighted by molar-refractivity contribution is -0.138. The third kappa shape index (κ3) is 5.17. The van der Waals surface area contributed by atoms with Crippen molar-refractivity contribution >= 4 is 35.0 Å². The number of carbonyl (C=O) groups excluding carboxylic acids is 1. The van der Waals surface area contributed by atoms with E-state index in [0.717, 1.165) is 22.9 Å². The van der Waals surface area contributed by atoms with Gasteiger partial charge in [0.05, 0.1) is 12.6 Å². The highest BCUT2D eigenvalue weighted by Gasteiger charge is 2.32. The summed E-state index contributed by atoms with van der Waals surface area (Å²) in [6, 6.07) is 13.4. The fourth-order valence-electron chi connectivity index (χ4n) is 2.40. The number of para-hydroxylation sites is 1. The van der Waals surface area contributed by atoms with E-state index in [1.54, 1.807) is 24.3 Å². The van der Waals surface area contributed by atoms with Gasteiger partial charge < -0.3 is 15.2 Å². The van der Waals surface area contributed by atoms with Gasteiger partial charge in [-0.15, -0.1) is 5.10 Å². The summed E-state index contributed by atoms with van der Waals surface area (Å²) in [6.45, 7) is 0.145. The van der Waals surface area contributed by atoms with E-state index in [1.807, 2.05) is 18.2 Å². The van der Waals surface area contributed by atoms with Crippen molar-refractivity contribution in [3.8, 4) is 5.75 Å². The number of thioether (sulfide) groups is 1. The predicted octanol–water partition coefficient (Wildman–Crippen LogP) is 2.80. The Morgan fingerprint density at radius 3 is 2.79 bits per heavy atom. The molecule has 9 heteroatoms. The van der Waals surface area contributed by atoms with Crippen LogP contribution in [0.15, 0.2) is 58.7 Å². The van der Waals surface area contributed by atoms with E-state index in [0.29, 0.717) is 0 Å². The van der Waals surface area contributed by atoms with Crippen molar-refractivity contribution in [1.82, 2.24) is 5.32 Å². The maximum atomic E-state index is 13.7. The molecule has 1 fully saturated rings. The Kier molecular flexibility index (Phi) is 6.38. The normalized spacial score (nSPS) is 17.8. The monoisotopic (exact) mass is 401 g/mol. The number of nitrogens with one attached hydrogen (secondary N) is 1. The third-order valence-corrected chi connectivity index (χ3v) is 4.83. The van der Waals surface area contributed by atoms with Crippen LogP contribution >= 0.6 is 11.8 Å². The van der Waals surface area contributed by atoms with Crippen molar-refractivity contribution in [2.24, 2.45) is 10.2 Å². The Balaban J connectivity index is 1.65. The molecule has 1 atom stereocenters. The maximum Gasteiger partial charge on any atom is 0.305 e. The lowest BCUT2D eigenvalue weighted by Crippen LogP contribution is -2.26. The van der Waals surface area contributed by atoms with Crippen LogP contribution in [0.3, 0.4) is 0 Å². The van der Waals surface area contributed by atoms with Crippen LogP contribution in [0, 0.1) is 5.82 Å². The fraction of sp³-hybridized carbons (Fsp3) is 0.158. The molecular formula is C19H16FN3O4S. The Morgan fingerprint density at radius 2 is 2.00 bits per heavy atom. The van der Waals surface area contributed by atoms with Gasteiger partial charge in [0, 0.05) is 5.56 Å². The minimum absolute atomic E-state index is 0.145. The van der Waals surface area contributed by atoms with E-state index < -0.39 is 22.9 Å². The van der Waals surface area contributed by atoms with Gasteiger partial charge in [-0.05, 0) is 17.7 Å². The molecule has 7 nitrogen and oxygen atoms in total.